The molecule has 2 rings (SSSR count). The minimum absolute atomic E-state index is 0.259. The topological polar surface area (TPSA) is 21.3 Å². The summed E-state index contributed by atoms with van der Waals surface area (Å²) in [6, 6.07) is 9.54. The number of ether oxygens (including phenoxy) is 1. The van der Waals surface area contributed by atoms with E-state index in [1.54, 1.807) is 0 Å². The van der Waals surface area contributed by atoms with E-state index in [0.717, 1.165) is 25.5 Å². The van der Waals surface area contributed by atoms with Gasteiger partial charge in [0.05, 0.1) is 12.1 Å². The van der Waals surface area contributed by atoms with Gasteiger partial charge in [0.15, 0.2) is 0 Å². The molecule has 1 fully saturated rings. The van der Waals surface area contributed by atoms with E-state index in [-0.39, 0.29) is 6.10 Å². The van der Waals surface area contributed by atoms with E-state index >= 15 is 0 Å². The summed E-state index contributed by atoms with van der Waals surface area (Å²) in [6.07, 6.45) is 5.43. The van der Waals surface area contributed by atoms with Crippen LogP contribution in [0.1, 0.15) is 69.5 Å². The second-order valence-electron chi connectivity index (χ2n) is 5.73. The predicted molar refractivity (Wildman–Crippen MR) is 85.2 cm³/mol. The molecule has 0 aliphatic heterocycles. The minimum Gasteiger partial charge on any atom is -0.377 e. The molecule has 1 aliphatic carbocycles. The molecule has 1 saturated carbocycles. The van der Waals surface area contributed by atoms with E-state index in [0.29, 0.717) is 6.04 Å². The molecule has 0 aromatic heterocycles. The van der Waals surface area contributed by atoms with Crippen LogP contribution in [-0.4, -0.2) is 19.3 Å². The van der Waals surface area contributed by atoms with Crippen molar-refractivity contribution in [3.05, 3.63) is 35.4 Å². The van der Waals surface area contributed by atoms with Crippen LogP contribution in [0.25, 0.3) is 0 Å². The molecule has 1 N–H and O–H groups in total. The van der Waals surface area contributed by atoms with Crippen LogP contribution in [0.15, 0.2) is 24.3 Å². The van der Waals surface area contributed by atoms with Gasteiger partial charge in [-0.25, -0.2) is 0 Å². The van der Waals surface area contributed by atoms with Gasteiger partial charge in [-0.1, -0.05) is 44.5 Å². The molecule has 0 bridgehead atoms. The predicted octanol–water partition coefficient (Wildman–Crippen LogP) is 4.42. The molecule has 1 aliphatic rings. The van der Waals surface area contributed by atoms with Crippen molar-refractivity contribution in [1.29, 1.82) is 0 Å². The monoisotopic (exact) mass is 275 g/mol. The molecule has 1 aromatic carbocycles. The fourth-order valence-corrected chi connectivity index (χ4v) is 3.06. The molecule has 0 saturated heterocycles. The molecule has 2 heteroatoms. The summed E-state index contributed by atoms with van der Waals surface area (Å²) in [5, 5.41) is 3.59. The molecule has 0 heterocycles. The fraction of sp³-hybridized carbons (Fsp3) is 0.667. The molecule has 1 aromatic rings. The van der Waals surface area contributed by atoms with Crippen molar-refractivity contribution in [1.82, 2.24) is 5.32 Å². The molecule has 2 unspecified atom stereocenters. The van der Waals surface area contributed by atoms with Crippen molar-refractivity contribution in [2.45, 2.75) is 64.5 Å². The van der Waals surface area contributed by atoms with Crippen LogP contribution in [0.5, 0.6) is 0 Å². The molecule has 0 spiro atoms. The Labute approximate surface area is 123 Å². The van der Waals surface area contributed by atoms with Gasteiger partial charge in [-0.05, 0) is 49.8 Å². The van der Waals surface area contributed by atoms with E-state index in [4.69, 9.17) is 4.74 Å². The lowest BCUT2D eigenvalue weighted by atomic mass is 9.79. The first-order valence-electron chi connectivity index (χ1n) is 8.24. The lowest BCUT2D eigenvalue weighted by molar-refractivity contribution is 0.0318. The number of rotatable bonds is 8. The van der Waals surface area contributed by atoms with Gasteiger partial charge in [-0.15, -0.1) is 0 Å². The van der Waals surface area contributed by atoms with Crippen molar-refractivity contribution in [3.63, 3.8) is 0 Å². The first-order valence-corrected chi connectivity index (χ1v) is 8.24. The summed E-state index contributed by atoms with van der Waals surface area (Å²) in [4.78, 5) is 0. The number of hydrogen-bond donors (Lipinski definition) is 1. The van der Waals surface area contributed by atoms with Crippen LogP contribution in [0, 0.1) is 0 Å². The van der Waals surface area contributed by atoms with Gasteiger partial charge >= 0.3 is 0 Å². The molecule has 2 nitrogen and oxygen atoms in total. The number of likely N-dealkylation sites (N-methyl/N-ethyl adjacent to an activating group) is 1. The van der Waals surface area contributed by atoms with E-state index in [1.165, 1.54) is 30.4 Å². The van der Waals surface area contributed by atoms with Crippen LogP contribution in [-0.2, 0) is 4.74 Å². The third-order valence-corrected chi connectivity index (χ3v) is 4.45. The largest absolute Gasteiger partial charge is 0.377 e. The third kappa shape index (κ3) is 3.62. The highest BCUT2D eigenvalue weighted by molar-refractivity contribution is 5.29. The highest BCUT2D eigenvalue weighted by atomic mass is 16.5. The van der Waals surface area contributed by atoms with E-state index < -0.39 is 0 Å². The molecule has 20 heavy (non-hydrogen) atoms. The number of hydrogen-bond acceptors (Lipinski definition) is 2. The molecule has 2 atom stereocenters. The van der Waals surface area contributed by atoms with Crippen molar-refractivity contribution >= 4 is 0 Å². The first kappa shape index (κ1) is 15.5. The zero-order chi connectivity index (χ0) is 14.4. The first-order chi connectivity index (χ1) is 9.80. The summed E-state index contributed by atoms with van der Waals surface area (Å²) >= 11 is 0. The second kappa shape index (κ2) is 7.80. The summed E-state index contributed by atoms with van der Waals surface area (Å²) < 4.78 is 5.91. The van der Waals surface area contributed by atoms with Gasteiger partial charge in [0.1, 0.15) is 0 Å². The SMILES string of the molecule is CCNC(c1ccc(C2CCC2)cc1)C(CC)OCC. The maximum Gasteiger partial charge on any atom is 0.0766 e. The maximum absolute atomic E-state index is 5.91. The molecule has 0 amide bonds. The Morgan fingerprint density at radius 1 is 1.15 bits per heavy atom. The Balaban J connectivity index is 2.10. The molecule has 112 valence electrons. The van der Waals surface area contributed by atoms with Crippen LogP contribution >= 0.6 is 0 Å². The summed E-state index contributed by atoms with van der Waals surface area (Å²) in [6.45, 7) is 8.19. The van der Waals surface area contributed by atoms with Crippen molar-refractivity contribution in [3.8, 4) is 0 Å². The third-order valence-electron chi connectivity index (χ3n) is 4.45. The van der Waals surface area contributed by atoms with Gasteiger partial charge in [-0.3, -0.25) is 0 Å². The second-order valence-corrected chi connectivity index (χ2v) is 5.73. The highest BCUT2D eigenvalue weighted by Crippen LogP contribution is 2.36. The van der Waals surface area contributed by atoms with Crippen molar-refractivity contribution in [2.75, 3.05) is 13.2 Å². The fourth-order valence-electron chi connectivity index (χ4n) is 3.06. The average Bonchev–Trinajstić information content (AvgIpc) is 2.42. The minimum atomic E-state index is 0.259. The van der Waals surface area contributed by atoms with Crippen LogP contribution in [0.3, 0.4) is 0 Å². The summed E-state index contributed by atoms with van der Waals surface area (Å²) in [7, 11) is 0. The lowest BCUT2D eigenvalue weighted by Gasteiger charge is -2.29. The standard InChI is InChI=1S/C18H29NO/c1-4-17(20-6-3)18(19-5-2)16-12-10-15(11-13-16)14-8-7-9-14/h10-14,17-19H,4-9H2,1-3H3. The Morgan fingerprint density at radius 2 is 1.85 bits per heavy atom. The summed E-state index contributed by atoms with van der Waals surface area (Å²) in [5.41, 5.74) is 2.87. The van der Waals surface area contributed by atoms with E-state index in [1.807, 2.05) is 0 Å². The highest BCUT2D eigenvalue weighted by Gasteiger charge is 2.23. The maximum atomic E-state index is 5.91. The van der Waals surface area contributed by atoms with Crippen LogP contribution in [0.2, 0.25) is 0 Å². The lowest BCUT2D eigenvalue weighted by Crippen LogP contribution is -2.33. The van der Waals surface area contributed by atoms with Gasteiger partial charge in [0.25, 0.3) is 0 Å². The molecular weight excluding hydrogens is 246 g/mol. The van der Waals surface area contributed by atoms with Crippen molar-refractivity contribution in [2.24, 2.45) is 0 Å². The zero-order valence-corrected chi connectivity index (χ0v) is 13.2. The Hall–Kier alpha value is -0.860. The van der Waals surface area contributed by atoms with Gasteiger partial charge in [-0.2, -0.15) is 0 Å². The molecular formula is C18H29NO. The van der Waals surface area contributed by atoms with E-state index in [2.05, 4.69) is 50.4 Å². The number of nitrogens with one attached hydrogen (secondary N) is 1. The Kier molecular flexibility index (Phi) is 6.06. The number of benzene rings is 1. The quantitative estimate of drug-likeness (QED) is 0.758. The Bertz CT molecular complexity index is 383. The summed E-state index contributed by atoms with van der Waals surface area (Å²) in [5.74, 6) is 0.815. The van der Waals surface area contributed by atoms with Gasteiger partial charge in [0.2, 0.25) is 0 Å². The molecule has 0 radical (unpaired) electrons. The van der Waals surface area contributed by atoms with Gasteiger partial charge < -0.3 is 10.1 Å². The normalized spacial score (nSPS) is 18.6. The zero-order valence-electron chi connectivity index (χ0n) is 13.2. The Morgan fingerprint density at radius 3 is 2.30 bits per heavy atom. The van der Waals surface area contributed by atoms with E-state index in [9.17, 15) is 0 Å². The average molecular weight is 275 g/mol. The smallest absolute Gasteiger partial charge is 0.0766 e. The van der Waals surface area contributed by atoms with Gasteiger partial charge in [0, 0.05) is 6.61 Å². The van der Waals surface area contributed by atoms with Crippen LogP contribution in [0.4, 0.5) is 0 Å². The van der Waals surface area contributed by atoms with Crippen LogP contribution < -0.4 is 5.32 Å². The van der Waals surface area contributed by atoms with Crippen molar-refractivity contribution < 1.29 is 4.74 Å².